The number of hydrogen-bond acceptors (Lipinski definition) is 3. The molecule has 3 nitrogen and oxygen atoms in total. The monoisotopic (exact) mass is 937 g/mol. The Hall–Kier alpha value is -10.0. The quantitative estimate of drug-likeness (QED) is 0.143. The number of benzene rings is 12. The summed E-state index contributed by atoms with van der Waals surface area (Å²) in [7, 11) is 0. The molecule has 0 spiro atoms. The average molecular weight is 938 g/mol. The van der Waals surface area contributed by atoms with Gasteiger partial charge in [-0.1, -0.05) is 218 Å². The van der Waals surface area contributed by atoms with E-state index in [0.717, 1.165) is 72.6 Å². The highest BCUT2D eigenvalue weighted by molar-refractivity contribution is 6.19. The van der Waals surface area contributed by atoms with Crippen LogP contribution in [0.1, 0.15) is 5.56 Å². The normalized spacial score (nSPS) is 11.5. The Bertz CT molecular complexity index is 4400. The summed E-state index contributed by atoms with van der Waals surface area (Å²) in [5.41, 5.74) is 21.4. The molecular formula is C71H43N3. The van der Waals surface area contributed by atoms with E-state index in [1.54, 1.807) is 0 Å². The SMILES string of the molecule is N#Cc1ccc(-c2cccc(-c3ccc4c5c(cccc35)-c3ccccc3-4)c2)cc1-c1ccc(-c2cccc(-c3cc(-c4cccc(-c5cc6ccccc6c6ccccc56)c4)nc(-c4ccccc4)n3)c2)cc1. The van der Waals surface area contributed by atoms with Gasteiger partial charge in [-0.05, 0) is 147 Å². The lowest BCUT2D eigenvalue weighted by Gasteiger charge is -2.14. The molecule has 3 heteroatoms. The van der Waals surface area contributed by atoms with Gasteiger partial charge in [0.25, 0.3) is 0 Å². The number of rotatable bonds is 8. The van der Waals surface area contributed by atoms with Crippen LogP contribution in [0.4, 0.5) is 0 Å². The maximum atomic E-state index is 10.4. The van der Waals surface area contributed by atoms with Crippen LogP contribution in [0.15, 0.2) is 261 Å². The van der Waals surface area contributed by atoms with Crippen LogP contribution < -0.4 is 0 Å². The Morgan fingerprint density at radius 3 is 1.49 bits per heavy atom. The van der Waals surface area contributed by atoms with Gasteiger partial charge in [-0.2, -0.15) is 5.26 Å². The number of hydrogen-bond donors (Lipinski definition) is 0. The molecule has 14 rings (SSSR count). The lowest BCUT2D eigenvalue weighted by atomic mass is 9.91. The number of aromatic nitrogens is 2. The fourth-order valence-corrected chi connectivity index (χ4v) is 11.3. The number of nitrogens with zero attached hydrogens (tertiary/aromatic N) is 3. The molecule has 13 aromatic rings. The standard InChI is InChI=1S/C71H43N3/c72-44-56-35-34-50(49-18-10-19-51(38-49)58-36-37-65-61-26-8-7-25-60(61)64-29-13-28-63(58)70(64)65)41-66(56)46-32-30-45(31-33-46)48-17-11-21-54(39-48)68-43-69(74-71(73-68)47-14-2-1-3-15-47)55-22-12-20-52(40-55)67-42-53-16-4-5-23-57(53)59-24-6-9-27-62(59)67/h1-43H. The molecule has 0 radical (unpaired) electrons. The van der Waals surface area contributed by atoms with Crippen LogP contribution in [-0.2, 0) is 0 Å². The second kappa shape index (κ2) is 17.7. The second-order valence-corrected chi connectivity index (χ2v) is 19.1. The van der Waals surface area contributed by atoms with Crippen LogP contribution in [0.2, 0.25) is 0 Å². The highest BCUT2D eigenvalue weighted by atomic mass is 14.9. The van der Waals surface area contributed by atoms with Gasteiger partial charge in [0, 0.05) is 22.3 Å². The molecule has 0 saturated heterocycles. The van der Waals surface area contributed by atoms with Crippen LogP contribution in [0, 0.1) is 11.3 Å². The fraction of sp³-hybridized carbons (Fsp3) is 0. The van der Waals surface area contributed by atoms with Crippen LogP contribution >= 0.6 is 0 Å². The molecule has 1 aliphatic rings. The van der Waals surface area contributed by atoms with E-state index in [4.69, 9.17) is 9.97 Å². The predicted molar refractivity (Wildman–Crippen MR) is 307 cm³/mol. The fourth-order valence-electron chi connectivity index (χ4n) is 11.3. The summed E-state index contributed by atoms with van der Waals surface area (Å²) < 4.78 is 0. The molecular weight excluding hydrogens is 895 g/mol. The molecule has 12 aromatic carbocycles. The maximum Gasteiger partial charge on any atom is 0.160 e. The summed E-state index contributed by atoms with van der Waals surface area (Å²) in [4.78, 5) is 10.4. The van der Waals surface area contributed by atoms with Gasteiger partial charge in [-0.3, -0.25) is 0 Å². The van der Waals surface area contributed by atoms with Crippen molar-refractivity contribution in [2.24, 2.45) is 0 Å². The zero-order chi connectivity index (χ0) is 49.1. The summed E-state index contributed by atoms with van der Waals surface area (Å²) in [5, 5.41) is 17.9. The van der Waals surface area contributed by atoms with E-state index in [9.17, 15) is 5.26 Å². The van der Waals surface area contributed by atoms with Crippen molar-refractivity contribution in [1.82, 2.24) is 9.97 Å². The molecule has 0 saturated carbocycles. The predicted octanol–water partition coefficient (Wildman–Crippen LogP) is 18.8. The minimum atomic E-state index is 0.636. The van der Waals surface area contributed by atoms with E-state index in [-0.39, 0.29) is 0 Å². The largest absolute Gasteiger partial charge is 0.228 e. The highest BCUT2D eigenvalue weighted by Crippen LogP contribution is 2.49. The van der Waals surface area contributed by atoms with Crippen molar-refractivity contribution in [2.45, 2.75) is 0 Å². The van der Waals surface area contributed by atoms with Gasteiger partial charge in [-0.15, -0.1) is 0 Å². The first-order valence-electron chi connectivity index (χ1n) is 25.1. The van der Waals surface area contributed by atoms with Crippen LogP contribution in [0.25, 0.3) is 144 Å². The Kier molecular flexibility index (Phi) is 10.2. The van der Waals surface area contributed by atoms with Gasteiger partial charge >= 0.3 is 0 Å². The molecule has 0 fully saturated rings. The van der Waals surface area contributed by atoms with Crippen molar-refractivity contribution >= 4 is 32.3 Å². The molecule has 74 heavy (non-hydrogen) atoms. The molecule has 342 valence electrons. The molecule has 0 amide bonds. The zero-order valence-corrected chi connectivity index (χ0v) is 40.2. The van der Waals surface area contributed by atoms with Gasteiger partial charge in [0.05, 0.1) is 23.0 Å². The van der Waals surface area contributed by atoms with Crippen molar-refractivity contribution in [3.05, 3.63) is 266 Å². The van der Waals surface area contributed by atoms with Crippen molar-refractivity contribution in [2.75, 3.05) is 0 Å². The molecule has 1 aliphatic carbocycles. The van der Waals surface area contributed by atoms with Crippen molar-refractivity contribution in [1.29, 1.82) is 5.26 Å². The molecule has 1 aromatic heterocycles. The Morgan fingerprint density at radius 2 is 0.743 bits per heavy atom. The minimum Gasteiger partial charge on any atom is -0.228 e. The molecule has 0 bridgehead atoms. The summed E-state index contributed by atoms with van der Waals surface area (Å²) >= 11 is 0. The Labute approximate surface area is 429 Å². The summed E-state index contributed by atoms with van der Waals surface area (Å²) in [6.45, 7) is 0. The first-order valence-corrected chi connectivity index (χ1v) is 25.1. The molecule has 0 aliphatic heterocycles. The lowest BCUT2D eigenvalue weighted by Crippen LogP contribution is -1.96. The lowest BCUT2D eigenvalue weighted by molar-refractivity contribution is 1.18. The smallest absolute Gasteiger partial charge is 0.160 e. The Balaban J connectivity index is 0.790. The van der Waals surface area contributed by atoms with E-state index in [1.807, 2.05) is 24.3 Å². The molecule has 0 unspecified atom stereocenters. The third-order valence-corrected chi connectivity index (χ3v) is 14.9. The maximum absolute atomic E-state index is 10.4. The van der Waals surface area contributed by atoms with Gasteiger partial charge in [-0.25, -0.2) is 9.97 Å². The van der Waals surface area contributed by atoms with E-state index >= 15 is 0 Å². The van der Waals surface area contributed by atoms with Crippen LogP contribution in [0.5, 0.6) is 0 Å². The van der Waals surface area contributed by atoms with Crippen molar-refractivity contribution in [3.63, 3.8) is 0 Å². The molecule has 0 atom stereocenters. The van der Waals surface area contributed by atoms with Gasteiger partial charge in [0.15, 0.2) is 5.82 Å². The average Bonchev–Trinajstić information content (AvgIpc) is 3.82. The third kappa shape index (κ3) is 7.36. The first-order chi connectivity index (χ1) is 36.6. The summed E-state index contributed by atoms with van der Waals surface area (Å²) in [6, 6.07) is 95.2. The van der Waals surface area contributed by atoms with E-state index < -0.39 is 0 Å². The third-order valence-electron chi connectivity index (χ3n) is 14.9. The highest BCUT2D eigenvalue weighted by Gasteiger charge is 2.23. The van der Waals surface area contributed by atoms with Crippen molar-refractivity contribution in [3.8, 4) is 118 Å². The first kappa shape index (κ1) is 42.8. The van der Waals surface area contributed by atoms with E-state index in [0.29, 0.717) is 11.4 Å². The van der Waals surface area contributed by atoms with Crippen LogP contribution in [0.3, 0.4) is 0 Å². The number of fused-ring (bicyclic) bond motifs is 6. The van der Waals surface area contributed by atoms with Gasteiger partial charge in [0.2, 0.25) is 0 Å². The Morgan fingerprint density at radius 1 is 0.257 bits per heavy atom. The zero-order valence-electron chi connectivity index (χ0n) is 40.2. The summed E-state index contributed by atoms with van der Waals surface area (Å²) in [6.07, 6.45) is 0. The second-order valence-electron chi connectivity index (χ2n) is 19.1. The van der Waals surface area contributed by atoms with E-state index in [1.165, 1.54) is 65.7 Å². The van der Waals surface area contributed by atoms with Crippen LogP contribution in [-0.4, -0.2) is 9.97 Å². The van der Waals surface area contributed by atoms with Gasteiger partial charge in [0.1, 0.15) is 0 Å². The summed E-state index contributed by atoms with van der Waals surface area (Å²) in [5.74, 6) is 0.671. The molecule has 1 heterocycles. The van der Waals surface area contributed by atoms with Gasteiger partial charge < -0.3 is 0 Å². The minimum absolute atomic E-state index is 0.636. The van der Waals surface area contributed by atoms with E-state index in [2.05, 4.69) is 243 Å². The van der Waals surface area contributed by atoms with Crippen molar-refractivity contribution < 1.29 is 0 Å². The topological polar surface area (TPSA) is 49.6 Å². The number of nitriles is 1. The molecule has 0 N–H and O–H groups in total.